The minimum absolute atomic E-state index is 0.254. The predicted octanol–water partition coefficient (Wildman–Crippen LogP) is 4.20. The van der Waals surface area contributed by atoms with Crippen LogP contribution in [0, 0.1) is 19.7 Å². The Hall–Kier alpha value is -1.61. The van der Waals surface area contributed by atoms with E-state index in [1.165, 1.54) is 6.07 Å². The van der Waals surface area contributed by atoms with Gasteiger partial charge in [-0.25, -0.2) is 9.37 Å². The molecular formula is C14H14ClFN2. The fourth-order valence-electron chi connectivity index (χ4n) is 1.96. The van der Waals surface area contributed by atoms with Crippen molar-refractivity contribution in [1.82, 2.24) is 4.98 Å². The second-order valence-corrected chi connectivity index (χ2v) is 4.60. The maximum atomic E-state index is 13.6. The highest BCUT2D eigenvalue weighted by Gasteiger charge is 2.09. The average Bonchev–Trinajstić information content (AvgIpc) is 2.27. The van der Waals surface area contributed by atoms with Crippen molar-refractivity contribution in [2.45, 2.75) is 13.8 Å². The number of nitrogens with zero attached hydrogens (tertiary/aromatic N) is 1. The third-order valence-corrected chi connectivity index (χ3v) is 3.01. The summed E-state index contributed by atoms with van der Waals surface area (Å²) < 4.78 is 13.6. The summed E-state index contributed by atoms with van der Waals surface area (Å²) in [5.74, 6) is -0.254. The summed E-state index contributed by atoms with van der Waals surface area (Å²) in [5, 5.41) is 3.28. The summed E-state index contributed by atoms with van der Waals surface area (Å²) in [7, 11) is 1.70. The van der Waals surface area contributed by atoms with Gasteiger partial charge in [0.2, 0.25) is 0 Å². The zero-order valence-electron chi connectivity index (χ0n) is 10.5. The average molecular weight is 265 g/mol. The monoisotopic (exact) mass is 264 g/mol. The SMILES string of the molecule is CNc1cc(-c2cc(C)nc(Cl)c2)c(C)cc1F. The number of nitrogens with one attached hydrogen (secondary N) is 1. The van der Waals surface area contributed by atoms with Gasteiger partial charge in [0, 0.05) is 12.7 Å². The zero-order valence-corrected chi connectivity index (χ0v) is 11.3. The number of aryl methyl sites for hydroxylation is 2. The van der Waals surface area contributed by atoms with E-state index in [2.05, 4.69) is 10.3 Å². The van der Waals surface area contributed by atoms with Gasteiger partial charge in [-0.1, -0.05) is 11.6 Å². The van der Waals surface area contributed by atoms with Gasteiger partial charge in [-0.2, -0.15) is 0 Å². The fraction of sp³-hybridized carbons (Fsp3) is 0.214. The van der Waals surface area contributed by atoms with E-state index in [9.17, 15) is 4.39 Å². The summed E-state index contributed by atoms with van der Waals surface area (Å²) >= 11 is 5.96. The number of pyridine rings is 1. The standard InChI is InChI=1S/C14H14ClFN2/c1-8-4-12(16)13(17-3)7-11(8)10-5-9(2)18-14(15)6-10/h4-7,17H,1-3H3. The van der Waals surface area contributed by atoms with Gasteiger partial charge >= 0.3 is 0 Å². The Labute approximate surface area is 111 Å². The largest absolute Gasteiger partial charge is 0.386 e. The lowest BCUT2D eigenvalue weighted by Gasteiger charge is -2.11. The quantitative estimate of drug-likeness (QED) is 0.823. The first-order valence-corrected chi connectivity index (χ1v) is 6.01. The van der Waals surface area contributed by atoms with Crippen LogP contribution in [0.25, 0.3) is 11.1 Å². The maximum Gasteiger partial charge on any atom is 0.146 e. The molecule has 0 aliphatic rings. The van der Waals surface area contributed by atoms with E-state index in [1.807, 2.05) is 19.9 Å². The molecule has 1 N–H and O–H groups in total. The summed E-state index contributed by atoms with van der Waals surface area (Å²) in [4.78, 5) is 4.13. The highest BCUT2D eigenvalue weighted by Crippen LogP contribution is 2.30. The highest BCUT2D eigenvalue weighted by atomic mass is 35.5. The first-order chi connectivity index (χ1) is 8.51. The van der Waals surface area contributed by atoms with Crippen molar-refractivity contribution in [2.24, 2.45) is 0 Å². The fourth-order valence-corrected chi connectivity index (χ4v) is 2.21. The molecule has 2 rings (SSSR count). The lowest BCUT2D eigenvalue weighted by atomic mass is 10.00. The number of benzene rings is 1. The molecule has 1 aromatic heterocycles. The van der Waals surface area contributed by atoms with Crippen molar-refractivity contribution in [3.05, 3.63) is 46.5 Å². The number of hydrogen-bond donors (Lipinski definition) is 1. The molecule has 2 aromatic rings. The van der Waals surface area contributed by atoms with Crippen LogP contribution in [-0.4, -0.2) is 12.0 Å². The van der Waals surface area contributed by atoms with Crippen molar-refractivity contribution >= 4 is 17.3 Å². The molecule has 0 saturated heterocycles. The molecule has 4 heteroatoms. The molecule has 94 valence electrons. The topological polar surface area (TPSA) is 24.9 Å². The molecule has 18 heavy (non-hydrogen) atoms. The van der Waals surface area contributed by atoms with E-state index in [4.69, 9.17) is 11.6 Å². The molecule has 0 atom stereocenters. The molecule has 1 aromatic carbocycles. The maximum absolute atomic E-state index is 13.6. The Bertz CT molecular complexity index is 576. The van der Waals surface area contributed by atoms with Crippen LogP contribution in [0.2, 0.25) is 5.15 Å². The van der Waals surface area contributed by atoms with Crippen LogP contribution >= 0.6 is 11.6 Å². The van der Waals surface area contributed by atoms with Crippen molar-refractivity contribution in [3.8, 4) is 11.1 Å². The van der Waals surface area contributed by atoms with Crippen molar-refractivity contribution in [1.29, 1.82) is 0 Å². The Balaban J connectivity index is 2.62. The van der Waals surface area contributed by atoms with Gasteiger partial charge in [0.25, 0.3) is 0 Å². The summed E-state index contributed by atoms with van der Waals surface area (Å²) in [6.45, 7) is 3.76. The number of aromatic nitrogens is 1. The van der Waals surface area contributed by atoms with Gasteiger partial charge in [0.05, 0.1) is 5.69 Å². The van der Waals surface area contributed by atoms with Crippen LogP contribution in [0.5, 0.6) is 0 Å². The Kier molecular flexibility index (Phi) is 3.53. The van der Waals surface area contributed by atoms with Crippen molar-refractivity contribution in [2.75, 3.05) is 12.4 Å². The summed E-state index contributed by atoms with van der Waals surface area (Å²) in [5.41, 5.74) is 4.08. The van der Waals surface area contributed by atoms with Gasteiger partial charge in [0.1, 0.15) is 11.0 Å². The van der Waals surface area contributed by atoms with Crippen molar-refractivity contribution in [3.63, 3.8) is 0 Å². The van der Waals surface area contributed by atoms with E-state index in [-0.39, 0.29) is 5.82 Å². The molecule has 0 saturated carbocycles. The van der Waals surface area contributed by atoms with E-state index in [0.29, 0.717) is 10.8 Å². The molecule has 0 aliphatic heterocycles. The molecule has 2 nitrogen and oxygen atoms in total. The van der Waals surface area contributed by atoms with Gasteiger partial charge in [0.15, 0.2) is 0 Å². The van der Waals surface area contributed by atoms with Crippen LogP contribution in [0.1, 0.15) is 11.3 Å². The molecule has 0 spiro atoms. The molecule has 0 bridgehead atoms. The number of anilines is 1. The van der Waals surface area contributed by atoms with Crippen molar-refractivity contribution < 1.29 is 4.39 Å². The van der Waals surface area contributed by atoms with Crippen LogP contribution in [0.4, 0.5) is 10.1 Å². The van der Waals surface area contributed by atoms with E-state index in [1.54, 1.807) is 19.2 Å². The minimum atomic E-state index is -0.254. The lowest BCUT2D eigenvalue weighted by Crippen LogP contribution is -1.96. The predicted molar refractivity (Wildman–Crippen MR) is 73.7 cm³/mol. The molecule has 0 radical (unpaired) electrons. The summed E-state index contributed by atoms with van der Waals surface area (Å²) in [6.07, 6.45) is 0. The Morgan fingerprint density at radius 3 is 2.50 bits per heavy atom. The Morgan fingerprint density at radius 1 is 1.17 bits per heavy atom. The van der Waals surface area contributed by atoms with Crippen LogP contribution in [-0.2, 0) is 0 Å². The lowest BCUT2D eigenvalue weighted by molar-refractivity contribution is 0.630. The normalized spacial score (nSPS) is 10.5. The van der Waals surface area contributed by atoms with Gasteiger partial charge in [-0.3, -0.25) is 0 Å². The molecule has 0 amide bonds. The van der Waals surface area contributed by atoms with Crippen LogP contribution in [0.15, 0.2) is 24.3 Å². The van der Waals surface area contributed by atoms with E-state index >= 15 is 0 Å². The van der Waals surface area contributed by atoms with Gasteiger partial charge < -0.3 is 5.32 Å². The minimum Gasteiger partial charge on any atom is -0.386 e. The smallest absolute Gasteiger partial charge is 0.146 e. The molecule has 1 heterocycles. The highest BCUT2D eigenvalue weighted by molar-refractivity contribution is 6.29. The third-order valence-electron chi connectivity index (χ3n) is 2.82. The van der Waals surface area contributed by atoms with E-state index < -0.39 is 0 Å². The number of hydrogen-bond acceptors (Lipinski definition) is 2. The van der Waals surface area contributed by atoms with Gasteiger partial charge in [-0.05, 0) is 54.8 Å². The molecule has 0 aliphatic carbocycles. The number of halogens is 2. The van der Waals surface area contributed by atoms with E-state index in [0.717, 1.165) is 22.4 Å². The number of rotatable bonds is 2. The summed E-state index contributed by atoms with van der Waals surface area (Å²) in [6, 6.07) is 7.03. The third kappa shape index (κ3) is 2.46. The molecule has 0 unspecified atom stereocenters. The van der Waals surface area contributed by atoms with Gasteiger partial charge in [-0.15, -0.1) is 0 Å². The van der Waals surface area contributed by atoms with Crippen LogP contribution < -0.4 is 5.32 Å². The molecule has 0 fully saturated rings. The van der Waals surface area contributed by atoms with Crippen LogP contribution in [0.3, 0.4) is 0 Å². The Morgan fingerprint density at radius 2 is 1.89 bits per heavy atom. The first kappa shape index (κ1) is 12.8. The zero-order chi connectivity index (χ0) is 13.3. The second kappa shape index (κ2) is 4.94. The second-order valence-electron chi connectivity index (χ2n) is 4.22. The first-order valence-electron chi connectivity index (χ1n) is 5.63. The molecular weight excluding hydrogens is 251 g/mol.